The van der Waals surface area contributed by atoms with Crippen LogP contribution in [-0.2, 0) is 0 Å². The zero-order valence-corrected chi connectivity index (χ0v) is 10.2. The van der Waals surface area contributed by atoms with Crippen LogP contribution in [0.3, 0.4) is 0 Å². The minimum atomic E-state index is 0.843. The van der Waals surface area contributed by atoms with Crippen LogP contribution in [-0.4, -0.2) is 14.8 Å². The molecule has 0 unspecified atom stereocenters. The fourth-order valence-corrected chi connectivity index (χ4v) is 2.26. The minimum absolute atomic E-state index is 0.843. The van der Waals surface area contributed by atoms with Gasteiger partial charge in [-0.15, -0.1) is 0 Å². The second kappa shape index (κ2) is 3.92. The SMILES string of the molecule is c1ccc2nc(-n3cc4ccccc4n3)ccc2c1. The Balaban J connectivity index is 1.93. The van der Waals surface area contributed by atoms with Crippen molar-refractivity contribution in [3.8, 4) is 5.82 Å². The van der Waals surface area contributed by atoms with E-state index < -0.39 is 0 Å². The molecule has 4 aromatic rings. The number of aromatic nitrogens is 3. The van der Waals surface area contributed by atoms with Crippen LogP contribution in [0, 0.1) is 0 Å². The summed E-state index contributed by atoms with van der Waals surface area (Å²) in [4.78, 5) is 4.64. The Morgan fingerprint density at radius 2 is 1.42 bits per heavy atom. The number of benzene rings is 2. The first-order valence-electron chi connectivity index (χ1n) is 6.21. The van der Waals surface area contributed by atoms with Gasteiger partial charge in [-0.05, 0) is 24.3 Å². The summed E-state index contributed by atoms with van der Waals surface area (Å²) in [5.41, 5.74) is 1.97. The topological polar surface area (TPSA) is 30.7 Å². The molecule has 3 heteroatoms. The molecule has 0 fully saturated rings. The molecule has 19 heavy (non-hydrogen) atoms. The van der Waals surface area contributed by atoms with Crippen LogP contribution in [0.5, 0.6) is 0 Å². The van der Waals surface area contributed by atoms with Crippen LogP contribution < -0.4 is 0 Å². The average Bonchev–Trinajstić information content (AvgIpc) is 2.90. The third-order valence-electron chi connectivity index (χ3n) is 3.23. The summed E-state index contributed by atoms with van der Waals surface area (Å²) in [5.74, 6) is 0.843. The Labute approximate surface area is 110 Å². The Morgan fingerprint density at radius 3 is 2.26 bits per heavy atom. The number of nitrogens with zero attached hydrogens (tertiary/aromatic N) is 3. The van der Waals surface area contributed by atoms with E-state index in [1.165, 1.54) is 0 Å². The molecule has 0 N–H and O–H groups in total. The van der Waals surface area contributed by atoms with Crippen molar-refractivity contribution in [3.05, 3.63) is 66.9 Å². The second-order valence-electron chi connectivity index (χ2n) is 4.49. The van der Waals surface area contributed by atoms with Crippen LogP contribution >= 0.6 is 0 Å². The van der Waals surface area contributed by atoms with Gasteiger partial charge in [0.1, 0.15) is 0 Å². The van der Waals surface area contributed by atoms with Crippen molar-refractivity contribution in [2.45, 2.75) is 0 Å². The third-order valence-corrected chi connectivity index (χ3v) is 3.23. The van der Waals surface area contributed by atoms with E-state index in [0.29, 0.717) is 0 Å². The molecule has 4 rings (SSSR count). The van der Waals surface area contributed by atoms with Crippen LogP contribution in [0.25, 0.3) is 27.6 Å². The highest BCUT2D eigenvalue weighted by atomic mass is 15.3. The molecule has 0 atom stereocenters. The normalized spacial score (nSPS) is 11.2. The van der Waals surface area contributed by atoms with Crippen LogP contribution in [0.2, 0.25) is 0 Å². The molecule has 0 aliphatic rings. The largest absolute Gasteiger partial charge is 0.229 e. The van der Waals surface area contributed by atoms with Gasteiger partial charge in [-0.1, -0.05) is 36.4 Å². The van der Waals surface area contributed by atoms with Gasteiger partial charge in [-0.25, -0.2) is 9.67 Å². The minimum Gasteiger partial charge on any atom is -0.229 e. The highest BCUT2D eigenvalue weighted by Crippen LogP contribution is 2.17. The molecule has 0 amide bonds. The first-order chi connectivity index (χ1) is 9.40. The molecule has 0 radical (unpaired) electrons. The Bertz CT molecular complexity index is 844. The van der Waals surface area contributed by atoms with E-state index in [2.05, 4.69) is 28.3 Å². The lowest BCUT2D eigenvalue weighted by molar-refractivity contribution is 0.866. The monoisotopic (exact) mass is 245 g/mol. The molecule has 0 bridgehead atoms. The summed E-state index contributed by atoms with van der Waals surface area (Å²) in [7, 11) is 0. The van der Waals surface area contributed by atoms with E-state index in [-0.39, 0.29) is 0 Å². The van der Waals surface area contributed by atoms with Crippen molar-refractivity contribution in [1.82, 2.24) is 14.8 Å². The average molecular weight is 245 g/mol. The molecule has 0 saturated carbocycles. The second-order valence-corrected chi connectivity index (χ2v) is 4.49. The standard InChI is InChI=1S/C16H11N3/c1-3-7-14-12(5-1)9-10-16(17-14)19-11-13-6-2-4-8-15(13)18-19/h1-11H. The quantitative estimate of drug-likeness (QED) is 0.513. The molecule has 2 aromatic heterocycles. The van der Waals surface area contributed by atoms with Gasteiger partial charge in [0.15, 0.2) is 5.82 Å². The zero-order valence-electron chi connectivity index (χ0n) is 10.2. The summed E-state index contributed by atoms with van der Waals surface area (Å²) >= 11 is 0. The number of pyridine rings is 1. The van der Waals surface area contributed by atoms with E-state index >= 15 is 0 Å². The van der Waals surface area contributed by atoms with E-state index in [0.717, 1.165) is 27.6 Å². The van der Waals surface area contributed by atoms with Gasteiger partial charge in [0.2, 0.25) is 0 Å². The molecule has 0 spiro atoms. The summed E-state index contributed by atoms with van der Waals surface area (Å²) in [6.07, 6.45) is 2.01. The van der Waals surface area contributed by atoms with Gasteiger partial charge in [-0.3, -0.25) is 0 Å². The smallest absolute Gasteiger partial charge is 0.154 e. The lowest BCUT2D eigenvalue weighted by Crippen LogP contribution is -1.97. The summed E-state index contributed by atoms with van der Waals surface area (Å²) in [6.45, 7) is 0. The third kappa shape index (κ3) is 1.67. The van der Waals surface area contributed by atoms with E-state index in [9.17, 15) is 0 Å². The highest BCUT2D eigenvalue weighted by Gasteiger charge is 2.03. The van der Waals surface area contributed by atoms with E-state index in [1.54, 1.807) is 0 Å². The predicted octanol–water partition coefficient (Wildman–Crippen LogP) is 3.57. The summed E-state index contributed by atoms with van der Waals surface area (Å²) in [5, 5.41) is 6.81. The lowest BCUT2D eigenvalue weighted by atomic mass is 10.2. The highest BCUT2D eigenvalue weighted by molar-refractivity contribution is 5.80. The zero-order chi connectivity index (χ0) is 12.7. The Hall–Kier alpha value is -2.68. The van der Waals surface area contributed by atoms with Gasteiger partial charge >= 0.3 is 0 Å². The predicted molar refractivity (Wildman–Crippen MR) is 76.4 cm³/mol. The number of fused-ring (bicyclic) bond motifs is 2. The molecular weight excluding hydrogens is 234 g/mol. The fourth-order valence-electron chi connectivity index (χ4n) is 2.26. The van der Waals surface area contributed by atoms with Gasteiger partial charge in [0, 0.05) is 17.0 Å². The summed E-state index contributed by atoms with van der Waals surface area (Å²) in [6, 6.07) is 20.2. The van der Waals surface area contributed by atoms with Crippen molar-refractivity contribution in [2.24, 2.45) is 0 Å². The number of hydrogen-bond donors (Lipinski definition) is 0. The summed E-state index contributed by atoms with van der Waals surface area (Å²) < 4.78 is 1.83. The van der Waals surface area contributed by atoms with Crippen molar-refractivity contribution in [1.29, 1.82) is 0 Å². The molecule has 0 aliphatic heterocycles. The maximum atomic E-state index is 4.64. The Morgan fingerprint density at radius 1 is 0.684 bits per heavy atom. The fraction of sp³-hybridized carbons (Fsp3) is 0. The number of hydrogen-bond acceptors (Lipinski definition) is 2. The van der Waals surface area contributed by atoms with Crippen LogP contribution in [0.15, 0.2) is 66.9 Å². The van der Waals surface area contributed by atoms with Crippen LogP contribution in [0.1, 0.15) is 0 Å². The first kappa shape index (κ1) is 10.3. The maximum Gasteiger partial charge on any atom is 0.154 e. The molecule has 0 aliphatic carbocycles. The van der Waals surface area contributed by atoms with Gasteiger partial charge in [0.25, 0.3) is 0 Å². The molecule has 2 heterocycles. The first-order valence-corrected chi connectivity index (χ1v) is 6.21. The number of rotatable bonds is 1. The van der Waals surface area contributed by atoms with Crippen molar-refractivity contribution >= 4 is 21.8 Å². The molecular formula is C16H11N3. The van der Waals surface area contributed by atoms with Crippen molar-refractivity contribution in [2.75, 3.05) is 0 Å². The van der Waals surface area contributed by atoms with Crippen LogP contribution in [0.4, 0.5) is 0 Å². The molecule has 0 saturated heterocycles. The molecule has 3 nitrogen and oxygen atoms in total. The van der Waals surface area contributed by atoms with Crippen molar-refractivity contribution in [3.63, 3.8) is 0 Å². The number of para-hydroxylation sites is 1. The van der Waals surface area contributed by atoms with E-state index in [4.69, 9.17) is 0 Å². The van der Waals surface area contributed by atoms with Gasteiger partial charge in [-0.2, -0.15) is 5.10 Å². The lowest BCUT2D eigenvalue weighted by Gasteiger charge is -2.02. The maximum absolute atomic E-state index is 4.64. The van der Waals surface area contributed by atoms with Gasteiger partial charge in [0.05, 0.1) is 11.0 Å². The molecule has 2 aromatic carbocycles. The van der Waals surface area contributed by atoms with E-state index in [1.807, 2.05) is 53.3 Å². The van der Waals surface area contributed by atoms with Crippen molar-refractivity contribution < 1.29 is 0 Å². The Kier molecular flexibility index (Phi) is 2.12. The molecule has 90 valence electrons. The van der Waals surface area contributed by atoms with Gasteiger partial charge < -0.3 is 0 Å².